The Morgan fingerprint density at radius 2 is 2.08 bits per heavy atom. The summed E-state index contributed by atoms with van der Waals surface area (Å²) in [6, 6.07) is 5.24. The molecule has 0 saturated carbocycles. The molecule has 2 heterocycles. The Kier molecular flexibility index (Phi) is 4.94. The third-order valence-corrected chi connectivity index (χ3v) is 3.73. The first-order valence-corrected chi connectivity index (χ1v) is 7.99. The summed E-state index contributed by atoms with van der Waals surface area (Å²) in [5.41, 5.74) is 6.37. The highest BCUT2D eigenvalue weighted by atomic mass is 19.4. The second kappa shape index (κ2) is 7.16. The van der Waals surface area contributed by atoms with Gasteiger partial charge < -0.3 is 16.1 Å². The second-order valence-electron chi connectivity index (χ2n) is 5.65. The van der Waals surface area contributed by atoms with Crippen molar-refractivity contribution in [3.05, 3.63) is 35.5 Å². The summed E-state index contributed by atoms with van der Waals surface area (Å²) in [6.07, 6.45) is -2.85. The van der Waals surface area contributed by atoms with E-state index in [4.69, 9.17) is 0 Å². The molecule has 0 unspecified atom stereocenters. The number of amides is 1. The number of nitrogens with one attached hydrogen (secondary N) is 4. The lowest BCUT2D eigenvalue weighted by molar-refractivity contribution is -0.137. The van der Waals surface area contributed by atoms with Crippen molar-refractivity contribution in [2.24, 2.45) is 0 Å². The van der Waals surface area contributed by atoms with E-state index < -0.39 is 11.7 Å². The molecule has 0 fully saturated rings. The average molecular weight is 366 g/mol. The molecular formula is C16H17F3N6O. The Morgan fingerprint density at radius 1 is 1.27 bits per heavy atom. The van der Waals surface area contributed by atoms with Crippen molar-refractivity contribution in [3.8, 4) is 0 Å². The van der Waals surface area contributed by atoms with Crippen molar-refractivity contribution < 1.29 is 18.0 Å². The number of hydrazine groups is 1. The Morgan fingerprint density at radius 3 is 2.81 bits per heavy atom. The molecule has 1 amide bonds. The normalized spacial score (nSPS) is 13.8. The van der Waals surface area contributed by atoms with Crippen LogP contribution in [0.5, 0.6) is 0 Å². The van der Waals surface area contributed by atoms with E-state index in [0.717, 1.165) is 17.4 Å². The number of alkyl halides is 3. The molecule has 1 aromatic carbocycles. The van der Waals surface area contributed by atoms with Gasteiger partial charge in [0.15, 0.2) is 5.82 Å². The molecular weight excluding hydrogens is 349 g/mol. The molecule has 2 aromatic rings. The van der Waals surface area contributed by atoms with Crippen LogP contribution in [0.3, 0.4) is 0 Å². The van der Waals surface area contributed by atoms with Crippen LogP contribution in [0.2, 0.25) is 0 Å². The zero-order valence-electron chi connectivity index (χ0n) is 13.9. The van der Waals surface area contributed by atoms with Gasteiger partial charge >= 0.3 is 6.18 Å². The molecule has 3 rings (SSSR count). The zero-order chi connectivity index (χ0) is 18.7. The number of hydrogen-bond acceptors (Lipinski definition) is 6. The summed E-state index contributed by atoms with van der Waals surface area (Å²) in [5, 5.41) is 5.66. The summed E-state index contributed by atoms with van der Waals surface area (Å²) in [6.45, 7) is 2.16. The number of benzene rings is 1. The van der Waals surface area contributed by atoms with Gasteiger partial charge in [0.2, 0.25) is 11.9 Å². The predicted octanol–water partition coefficient (Wildman–Crippen LogP) is 3.06. The summed E-state index contributed by atoms with van der Waals surface area (Å²) in [5.74, 6) is -0.372. The highest BCUT2D eigenvalue weighted by Gasteiger charge is 2.35. The first-order chi connectivity index (χ1) is 12.4. The fraction of sp³-hybridized carbons (Fsp3) is 0.312. The van der Waals surface area contributed by atoms with E-state index in [0.29, 0.717) is 25.1 Å². The molecule has 1 aromatic heterocycles. The molecule has 0 bridgehead atoms. The van der Waals surface area contributed by atoms with Gasteiger partial charge in [0.1, 0.15) is 5.56 Å². The highest BCUT2D eigenvalue weighted by molar-refractivity contribution is 5.94. The fourth-order valence-electron chi connectivity index (χ4n) is 2.51. The number of aromatic nitrogens is 2. The lowest BCUT2D eigenvalue weighted by Crippen LogP contribution is -2.24. The predicted molar refractivity (Wildman–Crippen MR) is 91.0 cm³/mol. The number of aryl methyl sites for hydroxylation is 1. The van der Waals surface area contributed by atoms with E-state index in [1.54, 1.807) is 19.1 Å². The van der Waals surface area contributed by atoms with E-state index in [2.05, 4.69) is 31.5 Å². The number of nitrogens with zero attached hydrogens (tertiary/aromatic N) is 2. The van der Waals surface area contributed by atoms with E-state index in [1.165, 1.54) is 0 Å². The van der Waals surface area contributed by atoms with Crippen molar-refractivity contribution in [2.45, 2.75) is 25.9 Å². The topological polar surface area (TPSA) is 91.0 Å². The lowest BCUT2D eigenvalue weighted by Gasteiger charge is -2.18. The number of carbonyl (C=O) groups excluding carboxylic acids is 1. The van der Waals surface area contributed by atoms with E-state index >= 15 is 0 Å². The maximum Gasteiger partial charge on any atom is 0.421 e. The van der Waals surface area contributed by atoms with E-state index in [9.17, 15) is 18.0 Å². The highest BCUT2D eigenvalue weighted by Crippen LogP contribution is 2.34. The molecule has 0 radical (unpaired) electrons. The van der Waals surface area contributed by atoms with Gasteiger partial charge in [0.05, 0.1) is 0 Å². The molecule has 0 saturated heterocycles. The van der Waals surface area contributed by atoms with Gasteiger partial charge in [-0.2, -0.15) is 18.2 Å². The summed E-state index contributed by atoms with van der Waals surface area (Å²) in [7, 11) is 0. The van der Waals surface area contributed by atoms with Gasteiger partial charge in [-0.05, 0) is 30.2 Å². The first-order valence-electron chi connectivity index (χ1n) is 7.99. The lowest BCUT2D eigenvalue weighted by atomic mass is 10.0. The summed E-state index contributed by atoms with van der Waals surface area (Å²) in [4.78, 5) is 19.1. The third kappa shape index (κ3) is 4.02. The molecule has 4 N–H and O–H groups in total. The average Bonchev–Trinajstić information content (AvgIpc) is 2.59. The molecule has 10 heteroatoms. The van der Waals surface area contributed by atoms with Crippen LogP contribution in [0, 0.1) is 0 Å². The zero-order valence-corrected chi connectivity index (χ0v) is 13.9. The van der Waals surface area contributed by atoms with E-state index in [1.807, 2.05) is 6.07 Å². The maximum absolute atomic E-state index is 13.1. The van der Waals surface area contributed by atoms with Gasteiger partial charge in [-0.15, -0.1) is 0 Å². The van der Waals surface area contributed by atoms with Crippen LogP contribution in [0.15, 0.2) is 24.4 Å². The number of hydrogen-bond donors (Lipinski definition) is 4. The molecule has 26 heavy (non-hydrogen) atoms. The quantitative estimate of drug-likeness (QED) is 0.608. The third-order valence-electron chi connectivity index (χ3n) is 3.73. The van der Waals surface area contributed by atoms with Crippen LogP contribution in [0.4, 0.5) is 36.3 Å². The van der Waals surface area contributed by atoms with Crippen LogP contribution in [0.1, 0.15) is 24.5 Å². The molecule has 1 aliphatic heterocycles. The number of anilines is 4. The van der Waals surface area contributed by atoms with Crippen molar-refractivity contribution in [1.82, 2.24) is 15.4 Å². The Hall–Kier alpha value is -2.88. The SMILES string of the molecule is CCNNc1nc(Nc2ccc3c(c2)CCC(=O)N3)ncc1C(F)(F)F. The summed E-state index contributed by atoms with van der Waals surface area (Å²) < 4.78 is 39.2. The molecule has 7 nitrogen and oxygen atoms in total. The molecule has 0 spiro atoms. The largest absolute Gasteiger partial charge is 0.421 e. The van der Waals surface area contributed by atoms with Crippen LogP contribution in [-0.2, 0) is 17.4 Å². The molecule has 0 aliphatic carbocycles. The van der Waals surface area contributed by atoms with Crippen LogP contribution >= 0.6 is 0 Å². The van der Waals surface area contributed by atoms with Gasteiger partial charge in [-0.25, -0.2) is 10.4 Å². The van der Waals surface area contributed by atoms with Crippen molar-refractivity contribution in [1.29, 1.82) is 0 Å². The standard InChI is InChI=1S/C16H17F3N6O/c1-2-21-25-14-11(16(17,18)19)8-20-15(24-14)22-10-4-5-12-9(7-10)3-6-13(26)23-12/h4-5,7-8,21H,2-3,6H2,1H3,(H,23,26)(H2,20,22,24,25). The number of rotatable bonds is 5. The van der Waals surface area contributed by atoms with Crippen molar-refractivity contribution >= 4 is 29.0 Å². The monoisotopic (exact) mass is 366 g/mol. The maximum atomic E-state index is 13.1. The minimum atomic E-state index is -4.57. The van der Waals surface area contributed by atoms with Crippen LogP contribution in [0.25, 0.3) is 0 Å². The first kappa shape index (κ1) is 17.9. The Balaban J connectivity index is 1.84. The minimum Gasteiger partial charge on any atom is -0.326 e. The van der Waals surface area contributed by atoms with Crippen LogP contribution < -0.4 is 21.5 Å². The van der Waals surface area contributed by atoms with E-state index in [-0.39, 0.29) is 17.7 Å². The van der Waals surface area contributed by atoms with Crippen LogP contribution in [-0.4, -0.2) is 22.4 Å². The second-order valence-corrected chi connectivity index (χ2v) is 5.65. The fourth-order valence-corrected chi connectivity index (χ4v) is 2.51. The van der Waals surface area contributed by atoms with Gasteiger partial charge in [0.25, 0.3) is 0 Å². The molecule has 1 aliphatic rings. The Bertz CT molecular complexity index is 824. The number of carbonyl (C=O) groups is 1. The van der Waals surface area contributed by atoms with Gasteiger partial charge in [-0.3, -0.25) is 4.79 Å². The molecule has 0 atom stereocenters. The van der Waals surface area contributed by atoms with Crippen molar-refractivity contribution in [2.75, 3.05) is 22.6 Å². The minimum absolute atomic E-state index is 0.0261. The van der Waals surface area contributed by atoms with Gasteiger partial charge in [-0.1, -0.05) is 6.92 Å². The smallest absolute Gasteiger partial charge is 0.326 e. The number of fused-ring (bicyclic) bond motifs is 1. The Labute approximate surface area is 147 Å². The summed E-state index contributed by atoms with van der Waals surface area (Å²) >= 11 is 0. The molecule has 138 valence electrons. The van der Waals surface area contributed by atoms with Crippen molar-refractivity contribution in [3.63, 3.8) is 0 Å². The van der Waals surface area contributed by atoms with Gasteiger partial charge in [0, 0.05) is 30.5 Å². The number of halogens is 3.